The van der Waals surface area contributed by atoms with Gasteiger partial charge in [-0.15, -0.1) is 0 Å². The topological polar surface area (TPSA) is 16.4 Å². The number of allylic oxidation sites excluding steroid dienone is 6. The van der Waals surface area contributed by atoms with Crippen LogP contribution in [0, 0.1) is 5.41 Å². The fraction of sp³-hybridized carbons (Fsp3) is 0.237. The Kier molecular flexibility index (Phi) is 6.74. The van der Waals surface area contributed by atoms with Gasteiger partial charge >= 0.3 is 0 Å². The third-order valence-corrected chi connectivity index (χ3v) is 9.55. The minimum atomic E-state index is 0.197. The summed E-state index contributed by atoms with van der Waals surface area (Å²) in [6.45, 7) is 11.0. The molecule has 0 bridgehead atoms. The number of aryl methyl sites for hydroxylation is 1. The average molecular weight is 570 g/mol. The highest BCUT2D eigenvalue weighted by molar-refractivity contribution is 7.19. The molecular formula is C38H37N2OS+. The Balaban J connectivity index is 1.22. The average Bonchev–Trinajstić information content (AvgIpc) is 3.53. The van der Waals surface area contributed by atoms with Gasteiger partial charge in [0.15, 0.2) is 5.75 Å². The van der Waals surface area contributed by atoms with Crippen LogP contribution in [0.15, 0.2) is 114 Å². The number of thiazole rings is 1. The summed E-state index contributed by atoms with van der Waals surface area (Å²) in [5.74, 6) is 1.81. The van der Waals surface area contributed by atoms with E-state index in [0.29, 0.717) is 0 Å². The van der Waals surface area contributed by atoms with Crippen LogP contribution < -0.4 is 14.2 Å². The summed E-state index contributed by atoms with van der Waals surface area (Å²) in [6.07, 6.45) is 13.5. The zero-order valence-electron chi connectivity index (χ0n) is 24.9. The van der Waals surface area contributed by atoms with E-state index in [9.17, 15) is 0 Å². The minimum Gasteiger partial charge on any atom is -0.439 e. The lowest BCUT2D eigenvalue weighted by atomic mass is 9.75. The second-order valence-corrected chi connectivity index (χ2v) is 13.2. The van der Waals surface area contributed by atoms with Crippen LogP contribution in [0.25, 0.3) is 37.8 Å². The molecule has 4 heteroatoms. The molecule has 210 valence electrons. The van der Waals surface area contributed by atoms with Crippen LogP contribution in [0.4, 0.5) is 5.69 Å². The number of hydrogen-bond acceptors (Lipinski definition) is 3. The molecule has 2 aliphatic rings. The number of hydrogen-bond donors (Lipinski definition) is 0. The van der Waals surface area contributed by atoms with E-state index in [0.717, 1.165) is 37.6 Å². The number of ether oxygens (including phenoxy) is 1. The predicted octanol–water partition coefficient (Wildman–Crippen LogP) is 9.96. The maximum atomic E-state index is 6.34. The van der Waals surface area contributed by atoms with E-state index in [-0.39, 0.29) is 5.41 Å². The predicted molar refractivity (Wildman–Crippen MR) is 179 cm³/mol. The summed E-state index contributed by atoms with van der Waals surface area (Å²) in [4.78, 5) is 2.28. The van der Waals surface area contributed by atoms with Crippen molar-refractivity contribution in [1.82, 2.24) is 0 Å². The molecule has 0 amide bonds. The van der Waals surface area contributed by atoms with Gasteiger partial charge in [-0.2, -0.15) is 4.57 Å². The first-order valence-corrected chi connectivity index (χ1v) is 15.9. The van der Waals surface area contributed by atoms with Gasteiger partial charge in [0.25, 0.3) is 5.01 Å². The monoisotopic (exact) mass is 569 g/mol. The Morgan fingerprint density at radius 3 is 2.43 bits per heavy atom. The number of aromatic nitrogens is 1. The highest BCUT2D eigenvalue weighted by atomic mass is 32.1. The van der Waals surface area contributed by atoms with E-state index in [1.54, 1.807) is 0 Å². The van der Waals surface area contributed by atoms with Crippen molar-refractivity contribution in [1.29, 1.82) is 0 Å². The molecular weight excluding hydrogens is 532 g/mol. The molecule has 0 atom stereocenters. The van der Waals surface area contributed by atoms with Crippen molar-refractivity contribution in [2.45, 2.75) is 47.1 Å². The van der Waals surface area contributed by atoms with Crippen LogP contribution in [0.2, 0.25) is 0 Å². The van der Waals surface area contributed by atoms with E-state index in [1.807, 2.05) is 11.3 Å². The van der Waals surface area contributed by atoms with Gasteiger partial charge in [0.05, 0.1) is 11.1 Å². The van der Waals surface area contributed by atoms with Crippen LogP contribution in [0.3, 0.4) is 0 Å². The van der Waals surface area contributed by atoms with Crippen LogP contribution in [-0.4, -0.2) is 6.54 Å². The van der Waals surface area contributed by atoms with Gasteiger partial charge < -0.3 is 9.64 Å². The van der Waals surface area contributed by atoms with Gasteiger partial charge in [-0.25, -0.2) is 0 Å². The fourth-order valence-corrected chi connectivity index (χ4v) is 7.95. The van der Waals surface area contributed by atoms with E-state index in [4.69, 9.17) is 4.74 Å². The number of benzene rings is 4. The molecule has 7 rings (SSSR count). The number of nitrogens with zero attached hydrogens (tertiary/aromatic N) is 2. The molecule has 0 unspecified atom stereocenters. The van der Waals surface area contributed by atoms with Crippen molar-refractivity contribution >= 4 is 54.9 Å². The zero-order chi connectivity index (χ0) is 28.8. The number of anilines is 1. The van der Waals surface area contributed by atoms with Crippen LogP contribution in [0.1, 0.15) is 45.5 Å². The zero-order valence-corrected chi connectivity index (χ0v) is 25.7. The quantitative estimate of drug-likeness (QED) is 0.196. The Bertz CT molecular complexity index is 1970. The Hall–Kier alpha value is -4.15. The molecule has 1 aliphatic carbocycles. The molecule has 0 saturated carbocycles. The lowest BCUT2D eigenvalue weighted by Gasteiger charge is -2.30. The van der Waals surface area contributed by atoms with Crippen molar-refractivity contribution in [3.63, 3.8) is 0 Å². The lowest BCUT2D eigenvalue weighted by Crippen LogP contribution is -2.33. The summed E-state index contributed by atoms with van der Waals surface area (Å²) in [5.41, 5.74) is 5.46. The summed E-state index contributed by atoms with van der Waals surface area (Å²) >= 11 is 1.90. The van der Waals surface area contributed by atoms with Crippen molar-refractivity contribution in [3.8, 4) is 5.75 Å². The van der Waals surface area contributed by atoms with Gasteiger partial charge in [-0.05, 0) is 78.3 Å². The Morgan fingerprint density at radius 2 is 1.64 bits per heavy atom. The lowest BCUT2D eigenvalue weighted by molar-refractivity contribution is -0.664. The van der Waals surface area contributed by atoms with Crippen LogP contribution >= 0.6 is 11.3 Å². The van der Waals surface area contributed by atoms with Gasteiger partial charge in [0.1, 0.15) is 11.2 Å². The number of fused-ring (bicyclic) bond motifs is 6. The summed E-state index contributed by atoms with van der Waals surface area (Å²) in [5, 5.41) is 6.42. The molecule has 0 saturated heterocycles. The first-order chi connectivity index (χ1) is 20.4. The molecule has 2 heterocycles. The minimum absolute atomic E-state index is 0.197. The number of rotatable bonds is 5. The smallest absolute Gasteiger partial charge is 0.263 e. The second kappa shape index (κ2) is 10.6. The Labute approximate surface area is 252 Å². The summed E-state index contributed by atoms with van der Waals surface area (Å²) in [7, 11) is 0. The first kappa shape index (κ1) is 26.7. The standard InChI is InChI=1S/C38H37N2OS/c1-5-39-34(41-32-20-18-28-13-7-9-15-30(28)36(32)39)17-11-12-26-22-27(25-38(3,4)24-26)23-35-40(6-2)37-31-16-10-8-14-29(31)19-21-33(37)42-35/h7-23H,5-6,24-25H2,1-4H3/q+1. The van der Waals surface area contributed by atoms with Crippen molar-refractivity contribution in [2.75, 3.05) is 11.4 Å². The van der Waals surface area contributed by atoms with E-state index >= 15 is 0 Å². The van der Waals surface area contributed by atoms with E-state index < -0.39 is 0 Å². The highest BCUT2D eigenvalue weighted by Gasteiger charge is 2.28. The fourth-order valence-electron chi connectivity index (χ4n) is 6.73. The molecule has 1 aliphatic heterocycles. The largest absolute Gasteiger partial charge is 0.439 e. The van der Waals surface area contributed by atoms with Crippen molar-refractivity contribution < 1.29 is 9.30 Å². The molecule has 4 aromatic carbocycles. The summed E-state index contributed by atoms with van der Waals surface area (Å²) in [6, 6.07) is 26.0. The van der Waals surface area contributed by atoms with Crippen LogP contribution in [0.5, 0.6) is 5.75 Å². The molecule has 42 heavy (non-hydrogen) atoms. The molecule has 1 aromatic heterocycles. The van der Waals surface area contributed by atoms with Gasteiger partial charge in [0.2, 0.25) is 11.4 Å². The van der Waals surface area contributed by atoms with Gasteiger partial charge in [-0.3, -0.25) is 0 Å². The maximum Gasteiger partial charge on any atom is 0.263 e. The maximum absolute atomic E-state index is 6.34. The highest BCUT2D eigenvalue weighted by Crippen LogP contribution is 2.44. The molecule has 0 N–H and O–H groups in total. The molecule has 3 nitrogen and oxygen atoms in total. The van der Waals surface area contributed by atoms with Gasteiger partial charge in [0, 0.05) is 18.0 Å². The normalized spacial score (nSPS) is 18.5. The van der Waals surface area contributed by atoms with Gasteiger partial charge in [-0.1, -0.05) is 98.0 Å². The molecule has 5 aromatic rings. The molecule has 0 fully saturated rings. The third kappa shape index (κ3) is 4.74. The van der Waals surface area contributed by atoms with E-state index in [2.05, 4.69) is 140 Å². The summed E-state index contributed by atoms with van der Waals surface area (Å²) < 4.78 is 10.2. The third-order valence-electron chi connectivity index (χ3n) is 8.45. The van der Waals surface area contributed by atoms with Crippen molar-refractivity contribution in [2.24, 2.45) is 5.41 Å². The van der Waals surface area contributed by atoms with Crippen molar-refractivity contribution in [3.05, 3.63) is 119 Å². The molecule has 0 radical (unpaired) electrons. The molecule has 0 spiro atoms. The van der Waals surface area contributed by atoms with E-state index in [1.165, 1.54) is 53.6 Å². The van der Waals surface area contributed by atoms with Crippen LogP contribution in [-0.2, 0) is 6.54 Å². The SMILES string of the molecule is CCN1/C(=C/C=C/C2=CC(=C/c3sc4ccc5ccccc5c4[n+]3CC)/CC(C)(C)C2)Oc2ccc3ccccc3c21. The second-order valence-electron chi connectivity index (χ2n) is 12.1. The first-order valence-electron chi connectivity index (χ1n) is 15.0. The Morgan fingerprint density at radius 1 is 0.905 bits per heavy atom.